The first-order chi connectivity index (χ1) is 9.15. The van der Waals surface area contributed by atoms with Gasteiger partial charge >= 0.3 is 11.9 Å². The summed E-state index contributed by atoms with van der Waals surface area (Å²) in [5, 5.41) is 20.3. The van der Waals surface area contributed by atoms with Gasteiger partial charge in [-0.2, -0.15) is 13.2 Å². The van der Waals surface area contributed by atoms with Crippen molar-refractivity contribution in [3.63, 3.8) is 0 Å². The summed E-state index contributed by atoms with van der Waals surface area (Å²) < 4.78 is 37.7. The highest BCUT2D eigenvalue weighted by Crippen LogP contribution is 2.41. The van der Waals surface area contributed by atoms with Gasteiger partial charge in [0.1, 0.15) is 6.54 Å². The van der Waals surface area contributed by atoms with Gasteiger partial charge in [0.05, 0.1) is 11.0 Å². The maximum Gasteiger partial charge on any atom is 0.405 e. The van der Waals surface area contributed by atoms with Crippen molar-refractivity contribution in [2.45, 2.75) is 32.5 Å². The Morgan fingerprint density at radius 1 is 1.55 bits per heavy atom. The molecule has 0 fully saturated rings. The molecule has 0 saturated carbocycles. The molecule has 1 aromatic heterocycles. The number of halogens is 3. The predicted molar refractivity (Wildman–Crippen MR) is 70.2 cm³/mol. The number of rotatable bonds is 6. The Labute approximate surface area is 117 Å². The number of aliphatic hydroxyl groups excluding tert-OH is 1. The Kier molecular flexibility index (Phi) is 5.35. The molecule has 0 radical (unpaired) electrons. The first-order valence-electron chi connectivity index (χ1n) is 5.93. The fourth-order valence-electron chi connectivity index (χ4n) is 1.69. The maximum atomic E-state index is 12.6. The highest BCUT2D eigenvalue weighted by Gasteiger charge is 2.34. The molecule has 20 heavy (non-hydrogen) atoms. The van der Waals surface area contributed by atoms with E-state index in [2.05, 4.69) is 0 Å². The van der Waals surface area contributed by atoms with Crippen molar-refractivity contribution < 1.29 is 23.2 Å². The van der Waals surface area contributed by atoms with Crippen LogP contribution in [-0.4, -0.2) is 29.3 Å². The van der Waals surface area contributed by atoms with Crippen molar-refractivity contribution in [2.24, 2.45) is 0 Å². The minimum atomic E-state index is -4.45. The third kappa shape index (κ3) is 4.34. The van der Waals surface area contributed by atoms with E-state index in [0.717, 1.165) is 22.3 Å². The van der Waals surface area contributed by atoms with Gasteiger partial charge < -0.3 is 10.0 Å². The Morgan fingerprint density at radius 2 is 2.15 bits per heavy atom. The molecular formula is C11H15F3N2O3S. The zero-order valence-corrected chi connectivity index (χ0v) is 11.8. The lowest BCUT2D eigenvalue weighted by molar-refractivity contribution is -0.383. The lowest BCUT2D eigenvalue weighted by Crippen LogP contribution is -2.34. The quantitative estimate of drug-likeness (QED) is 0.645. The van der Waals surface area contributed by atoms with Gasteiger partial charge in [-0.15, -0.1) is 11.3 Å². The highest BCUT2D eigenvalue weighted by atomic mass is 32.1. The number of anilines is 1. The number of thiophene rings is 1. The van der Waals surface area contributed by atoms with Gasteiger partial charge in [0.15, 0.2) is 5.00 Å². The molecule has 1 heterocycles. The third-order valence-corrected chi connectivity index (χ3v) is 3.83. The van der Waals surface area contributed by atoms with E-state index >= 15 is 0 Å². The standard InChI is InChI=1S/C11H15F3N2O3S/c1-3-4-15(6-11(12,13)14)10-8(16(18)19)5-9(20-10)7(2)17/h5,7,17H,3-4,6H2,1-2H3/t7-/m0/s1. The van der Waals surface area contributed by atoms with Gasteiger partial charge in [0, 0.05) is 17.5 Å². The van der Waals surface area contributed by atoms with Gasteiger partial charge in [0.25, 0.3) is 0 Å². The predicted octanol–water partition coefficient (Wildman–Crippen LogP) is 3.49. The summed E-state index contributed by atoms with van der Waals surface area (Å²) in [6, 6.07) is 1.13. The molecule has 0 aliphatic heterocycles. The van der Waals surface area contributed by atoms with Crippen LogP contribution in [-0.2, 0) is 0 Å². The normalized spacial score (nSPS) is 13.3. The fraction of sp³-hybridized carbons (Fsp3) is 0.636. The van der Waals surface area contributed by atoms with E-state index in [1.165, 1.54) is 6.92 Å². The SMILES string of the molecule is CCCN(CC(F)(F)F)c1sc([C@H](C)O)cc1[N+](=O)[O-]. The van der Waals surface area contributed by atoms with E-state index in [0.29, 0.717) is 6.42 Å². The number of alkyl halides is 3. The minimum absolute atomic E-state index is 0.0557. The minimum Gasteiger partial charge on any atom is -0.388 e. The molecule has 0 unspecified atom stereocenters. The summed E-state index contributed by atoms with van der Waals surface area (Å²) in [5.74, 6) is 0. The molecular weight excluding hydrogens is 297 g/mol. The van der Waals surface area contributed by atoms with E-state index in [1.807, 2.05) is 0 Å². The second-order valence-electron chi connectivity index (χ2n) is 4.31. The number of hydrogen-bond acceptors (Lipinski definition) is 5. The molecule has 0 bridgehead atoms. The van der Waals surface area contributed by atoms with Crippen molar-refractivity contribution in [3.8, 4) is 0 Å². The van der Waals surface area contributed by atoms with Crippen LogP contribution in [0.25, 0.3) is 0 Å². The van der Waals surface area contributed by atoms with Crippen molar-refractivity contribution >= 4 is 22.0 Å². The first kappa shape index (κ1) is 16.7. The molecule has 0 aromatic carbocycles. The Balaban J connectivity index is 3.20. The summed E-state index contributed by atoms with van der Waals surface area (Å²) in [6.45, 7) is 1.91. The topological polar surface area (TPSA) is 66.6 Å². The smallest absolute Gasteiger partial charge is 0.388 e. The van der Waals surface area contributed by atoms with Gasteiger partial charge in [0.2, 0.25) is 0 Å². The average Bonchev–Trinajstić information content (AvgIpc) is 2.71. The van der Waals surface area contributed by atoms with Crippen LogP contribution < -0.4 is 4.90 Å². The Morgan fingerprint density at radius 3 is 2.55 bits per heavy atom. The number of aliphatic hydroxyl groups is 1. The molecule has 5 nitrogen and oxygen atoms in total. The van der Waals surface area contributed by atoms with E-state index < -0.39 is 29.4 Å². The molecule has 1 aromatic rings. The second-order valence-corrected chi connectivity index (χ2v) is 5.37. The van der Waals surface area contributed by atoms with Crippen LogP contribution in [0, 0.1) is 10.1 Å². The molecule has 0 spiro atoms. The van der Waals surface area contributed by atoms with Crippen molar-refractivity contribution in [3.05, 3.63) is 21.1 Å². The molecule has 1 rings (SSSR count). The Bertz CT molecular complexity index is 474. The van der Waals surface area contributed by atoms with Crippen LogP contribution in [0.1, 0.15) is 31.2 Å². The molecule has 9 heteroatoms. The number of nitrogens with zero attached hydrogens (tertiary/aromatic N) is 2. The number of hydrogen-bond donors (Lipinski definition) is 1. The zero-order valence-electron chi connectivity index (χ0n) is 11.0. The van der Waals surface area contributed by atoms with Crippen LogP contribution in [0.4, 0.5) is 23.9 Å². The van der Waals surface area contributed by atoms with Crippen LogP contribution in [0.5, 0.6) is 0 Å². The first-order valence-corrected chi connectivity index (χ1v) is 6.75. The lowest BCUT2D eigenvalue weighted by atomic mass is 10.3. The summed E-state index contributed by atoms with van der Waals surface area (Å²) in [7, 11) is 0. The average molecular weight is 312 g/mol. The molecule has 114 valence electrons. The molecule has 0 amide bonds. The summed E-state index contributed by atoms with van der Waals surface area (Å²) in [4.78, 5) is 11.4. The molecule has 1 N–H and O–H groups in total. The Hall–Kier alpha value is -1.35. The monoisotopic (exact) mass is 312 g/mol. The largest absolute Gasteiger partial charge is 0.405 e. The summed E-state index contributed by atoms with van der Waals surface area (Å²) in [6.07, 6.45) is -4.98. The van der Waals surface area contributed by atoms with Gasteiger partial charge in [-0.1, -0.05) is 6.92 Å². The lowest BCUT2D eigenvalue weighted by Gasteiger charge is -2.23. The maximum absolute atomic E-state index is 12.6. The van der Waals surface area contributed by atoms with Gasteiger partial charge in [-0.3, -0.25) is 10.1 Å². The van der Waals surface area contributed by atoms with Crippen molar-refractivity contribution in [1.29, 1.82) is 0 Å². The second kappa shape index (κ2) is 6.40. The van der Waals surface area contributed by atoms with E-state index in [-0.39, 0.29) is 16.4 Å². The molecule has 0 saturated heterocycles. The van der Waals surface area contributed by atoms with Crippen LogP contribution in [0.15, 0.2) is 6.07 Å². The van der Waals surface area contributed by atoms with Crippen molar-refractivity contribution in [2.75, 3.05) is 18.0 Å². The van der Waals surface area contributed by atoms with Crippen LogP contribution >= 0.6 is 11.3 Å². The van der Waals surface area contributed by atoms with E-state index in [4.69, 9.17) is 0 Å². The third-order valence-electron chi connectivity index (χ3n) is 2.47. The van der Waals surface area contributed by atoms with Crippen molar-refractivity contribution in [1.82, 2.24) is 0 Å². The molecule has 0 aliphatic rings. The summed E-state index contributed by atoms with van der Waals surface area (Å²) >= 11 is 0.819. The highest BCUT2D eigenvalue weighted by molar-refractivity contribution is 7.16. The zero-order chi connectivity index (χ0) is 15.5. The van der Waals surface area contributed by atoms with Crippen LogP contribution in [0.3, 0.4) is 0 Å². The van der Waals surface area contributed by atoms with Crippen LogP contribution in [0.2, 0.25) is 0 Å². The summed E-state index contributed by atoms with van der Waals surface area (Å²) in [5.41, 5.74) is -0.399. The van der Waals surface area contributed by atoms with Gasteiger partial charge in [-0.05, 0) is 13.3 Å². The number of nitro groups is 1. The molecule has 0 aliphatic carbocycles. The molecule has 1 atom stereocenters. The fourth-order valence-corrected chi connectivity index (χ4v) is 2.78. The van der Waals surface area contributed by atoms with Gasteiger partial charge in [-0.25, -0.2) is 0 Å². The van der Waals surface area contributed by atoms with E-state index in [9.17, 15) is 28.4 Å². The van der Waals surface area contributed by atoms with E-state index in [1.54, 1.807) is 6.92 Å².